The standard InChI is InChI=1S/C12H12O5/c1-7-2-3-9(11(13)14)10(4-7)12(15)17-6-8-5-16-8/h2-4,8H,5-6H2,1H3,(H,13,14). The fourth-order valence-electron chi connectivity index (χ4n) is 1.42. The minimum absolute atomic E-state index is 0.0305. The lowest BCUT2D eigenvalue weighted by atomic mass is 10.0. The van der Waals surface area contributed by atoms with Crippen molar-refractivity contribution in [2.75, 3.05) is 13.2 Å². The minimum Gasteiger partial charge on any atom is -0.478 e. The maximum atomic E-state index is 11.7. The molecule has 1 aliphatic rings. The topological polar surface area (TPSA) is 76.1 Å². The Morgan fingerprint density at radius 2 is 2.18 bits per heavy atom. The summed E-state index contributed by atoms with van der Waals surface area (Å²) in [4.78, 5) is 22.7. The Labute approximate surface area is 98.0 Å². The van der Waals surface area contributed by atoms with Crippen LogP contribution in [0.15, 0.2) is 18.2 Å². The molecule has 0 radical (unpaired) electrons. The fourth-order valence-corrected chi connectivity index (χ4v) is 1.42. The summed E-state index contributed by atoms with van der Waals surface area (Å²) in [5.41, 5.74) is 0.847. The number of carbonyl (C=O) groups is 2. The first-order valence-corrected chi connectivity index (χ1v) is 5.20. The normalized spacial score (nSPS) is 17.6. The SMILES string of the molecule is Cc1ccc(C(=O)O)c(C(=O)OCC2CO2)c1. The van der Waals surface area contributed by atoms with Gasteiger partial charge in [-0.25, -0.2) is 9.59 Å². The van der Waals surface area contributed by atoms with Crippen LogP contribution in [0.25, 0.3) is 0 Å². The number of hydrogen-bond acceptors (Lipinski definition) is 4. The van der Waals surface area contributed by atoms with Crippen LogP contribution in [0.4, 0.5) is 0 Å². The Hall–Kier alpha value is -1.88. The Morgan fingerprint density at radius 3 is 2.76 bits per heavy atom. The molecule has 5 heteroatoms. The molecule has 5 nitrogen and oxygen atoms in total. The summed E-state index contributed by atoms with van der Waals surface area (Å²) in [6, 6.07) is 4.56. The van der Waals surface area contributed by atoms with Gasteiger partial charge in [0.25, 0.3) is 0 Å². The van der Waals surface area contributed by atoms with Gasteiger partial charge in [0.05, 0.1) is 17.7 Å². The van der Waals surface area contributed by atoms with E-state index in [2.05, 4.69) is 0 Å². The molecular formula is C12H12O5. The summed E-state index contributed by atoms with van der Waals surface area (Å²) < 4.78 is 9.87. The molecule has 1 heterocycles. The number of rotatable bonds is 4. The molecule has 0 saturated carbocycles. The first-order chi connectivity index (χ1) is 8.08. The van der Waals surface area contributed by atoms with Gasteiger partial charge < -0.3 is 14.6 Å². The number of epoxide rings is 1. The summed E-state index contributed by atoms with van der Waals surface area (Å²) >= 11 is 0. The van der Waals surface area contributed by atoms with Gasteiger partial charge in [-0.2, -0.15) is 0 Å². The van der Waals surface area contributed by atoms with Crippen LogP contribution < -0.4 is 0 Å². The summed E-state index contributed by atoms with van der Waals surface area (Å²) in [5, 5.41) is 8.96. The van der Waals surface area contributed by atoms with Gasteiger partial charge >= 0.3 is 11.9 Å². The third kappa shape index (κ3) is 2.82. The number of hydrogen-bond donors (Lipinski definition) is 1. The van der Waals surface area contributed by atoms with Crippen LogP contribution >= 0.6 is 0 Å². The number of carbonyl (C=O) groups excluding carboxylic acids is 1. The number of carboxylic acid groups (broad SMARTS) is 1. The quantitative estimate of drug-likeness (QED) is 0.629. The van der Waals surface area contributed by atoms with E-state index in [1.54, 1.807) is 13.0 Å². The third-order valence-electron chi connectivity index (χ3n) is 2.43. The lowest BCUT2D eigenvalue weighted by Crippen LogP contribution is -2.14. The van der Waals surface area contributed by atoms with Gasteiger partial charge in [0.1, 0.15) is 12.7 Å². The van der Waals surface area contributed by atoms with Crippen LogP contribution in [0.5, 0.6) is 0 Å². The number of aromatic carboxylic acids is 1. The van der Waals surface area contributed by atoms with Crippen molar-refractivity contribution in [2.24, 2.45) is 0 Å². The van der Waals surface area contributed by atoms with Crippen molar-refractivity contribution in [2.45, 2.75) is 13.0 Å². The van der Waals surface area contributed by atoms with Gasteiger partial charge in [-0.05, 0) is 19.1 Å². The predicted octanol–water partition coefficient (Wildman–Crippen LogP) is 1.25. The molecule has 0 spiro atoms. The molecule has 1 aromatic carbocycles. The highest BCUT2D eigenvalue weighted by Crippen LogP contribution is 2.15. The van der Waals surface area contributed by atoms with E-state index in [1.165, 1.54) is 12.1 Å². The summed E-state index contributed by atoms with van der Waals surface area (Å²) in [6.07, 6.45) is -0.0305. The molecule has 1 saturated heterocycles. The molecule has 1 aromatic rings. The van der Waals surface area contributed by atoms with Crippen molar-refractivity contribution in [1.82, 2.24) is 0 Å². The summed E-state index contributed by atoms with van der Waals surface area (Å²) in [7, 11) is 0. The maximum Gasteiger partial charge on any atom is 0.339 e. The molecule has 0 amide bonds. The van der Waals surface area contributed by atoms with Crippen molar-refractivity contribution in [3.63, 3.8) is 0 Å². The Kier molecular flexibility index (Phi) is 3.10. The highest BCUT2D eigenvalue weighted by Gasteiger charge is 2.25. The van der Waals surface area contributed by atoms with Gasteiger partial charge in [-0.3, -0.25) is 0 Å². The van der Waals surface area contributed by atoms with E-state index in [0.29, 0.717) is 6.61 Å². The van der Waals surface area contributed by atoms with Gasteiger partial charge in [-0.15, -0.1) is 0 Å². The zero-order valence-electron chi connectivity index (χ0n) is 9.30. The van der Waals surface area contributed by atoms with E-state index in [9.17, 15) is 9.59 Å². The van der Waals surface area contributed by atoms with Crippen LogP contribution in [0, 0.1) is 6.92 Å². The van der Waals surface area contributed by atoms with Crippen LogP contribution in [0.1, 0.15) is 26.3 Å². The van der Waals surface area contributed by atoms with E-state index in [1.807, 2.05) is 0 Å². The van der Waals surface area contributed by atoms with Gasteiger partial charge in [0, 0.05) is 0 Å². The first-order valence-electron chi connectivity index (χ1n) is 5.20. The summed E-state index contributed by atoms with van der Waals surface area (Å²) in [5.74, 6) is -1.76. The number of esters is 1. The van der Waals surface area contributed by atoms with Crippen molar-refractivity contribution < 1.29 is 24.2 Å². The van der Waals surface area contributed by atoms with Crippen molar-refractivity contribution in [3.8, 4) is 0 Å². The lowest BCUT2D eigenvalue weighted by molar-refractivity contribution is 0.0467. The number of carboxylic acids is 1. The molecule has 1 aliphatic heterocycles. The number of ether oxygens (including phenoxy) is 2. The van der Waals surface area contributed by atoms with E-state index in [4.69, 9.17) is 14.6 Å². The molecule has 0 aromatic heterocycles. The molecule has 1 atom stereocenters. The average Bonchev–Trinajstić information content (AvgIpc) is 3.09. The molecule has 0 aliphatic carbocycles. The molecule has 1 fully saturated rings. The van der Waals surface area contributed by atoms with Gasteiger partial charge in [-0.1, -0.05) is 11.6 Å². The van der Waals surface area contributed by atoms with Crippen LogP contribution in [0.3, 0.4) is 0 Å². The molecule has 1 unspecified atom stereocenters. The Bertz CT molecular complexity index is 462. The maximum absolute atomic E-state index is 11.7. The fraction of sp³-hybridized carbons (Fsp3) is 0.333. The van der Waals surface area contributed by atoms with Crippen molar-refractivity contribution in [3.05, 3.63) is 34.9 Å². The van der Waals surface area contributed by atoms with E-state index >= 15 is 0 Å². The summed E-state index contributed by atoms with van der Waals surface area (Å²) in [6.45, 7) is 2.55. The lowest BCUT2D eigenvalue weighted by Gasteiger charge is -2.07. The molecule has 2 rings (SSSR count). The Morgan fingerprint density at radius 1 is 1.47 bits per heavy atom. The second kappa shape index (κ2) is 4.55. The average molecular weight is 236 g/mol. The van der Waals surface area contributed by atoms with Crippen LogP contribution in [0.2, 0.25) is 0 Å². The van der Waals surface area contributed by atoms with Crippen molar-refractivity contribution >= 4 is 11.9 Å². The van der Waals surface area contributed by atoms with Gasteiger partial charge in [0.15, 0.2) is 0 Å². The number of benzene rings is 1. The first kappa shape index (κ1) is 11.6. The Balaban J connectivity index is 2.18. The number of aryl methyl sites for hydroxylation is 1. The monoisotopic (exact) mass is 236 g/mol. The predicted molar refractivity (Wildman–Crippen MR) is 58.2 cm³/mol. The molecule has 90 valence electrons. The smallest absolute Gasteiger partial charge is 0.339 e. The van der Waals surface area contributed by atoms with E-state index in [-0.39, 0.29) is 23.8 Å². The molecular weight excluding hydrogens is 224 g/mol. The van der Waals surface area contributed by atoms with Crippen LogP contribution in [-0.2, 0) is 9.47 Å². The second-order valence-electron chi connectivity index (χ2n) is 3.91. The van der Waals surface area contributed by atoms with E-state index < -0.39 is 11.9 Å². The third-order valence-corrected chi connectivity index (χ3v) is 2.43. The molecule has 1 N–H and O–H groups in total. The molecule has 0 bridgehead atoms. The minimum atomic E-state index is -1.14. The van der Waals surface area contributed by atoms with Gasteiger partial charge in [0.2, 0.25) is 0 Å². The zero-order chi connectivity index (χ0) is 12.4. The highest BCUT2D eigenvalue weighted by molar-refractivity contribution is 6.02. The zero-order valence-corrected chi connectivity index (χ0v) is 9.30. The highest BCUT2D eigenvalue weighted by atomic mass is 16.6. The second-order valence-corrected chi connectivity index (χ2v) is 3.91. The largest absolute Gasteiger partial charge is 0.478 e. The van der Waals surface area contributed by atoms with Crippen molar-refractivity contribution in [1.29, 1.82) is 0 Å². The van der Waals surface area contributed by atoms with E-state index in [0.717, 1.165) is 5.56 Å². The van der Waals surface area contributed by atoms with Crippen LogP contribution in [-0.4, -0.2) is 36.4 Å². The molecule has 17 heavy (non-hydrogen) atoms.